The van der Waals surface area contributed by atoms with Gasteiger partial charge >= 0.3 is 0 Å². The number of methoxy groups -OCH3 is 2. The van der Waals surface area contributed by atoms with Crippen LogP contribution in [0, 0.1) is 0 Å². The second-order valence-corrected chi connectivity index (χ2v) is 9.28. The molecule has 2 saturated heterocycles. The molecule has 10 nitrogen and oxygen atoms in total. The molecule has 0 spiro atoms. The van der Waals surface area contributed by atoms with Gasteiger partial charge in [-0.05, 0) is 43.3 Å². The lowest BCUT2D eigenvalue weighted by Crippen LogP contribution is -2.45. The number of likely N-dealkylation sites (N-methyl/N-ethyl adjacent to an activating group) is 1. The second-order valence-electron chi connectivity index (χ2n) is 9.28. The van der Waals surface area contributed by atoms with Gasteiger partial charge in [0.05, 0.1) is 26.5 Å². The van der Waals surface area contributed by atoms with E-state index in [2.05, 4.69) is 32.5 Å². The molecule has 0 saturated carbocycles. The van der Waals surface area contributed by atoms with Crippen LogP contribution in [0.25, 0.3) is 27.5 Å². The van der Waals surface area contributed by atoms with E-state index in [0.717, 1.165) is 80.3 Å². The number of ether oxygens (including phenoxy) is 3. The number of nitrogens with zero attached hydrogens (tertiary/aromatic N) is 6. The summed E-state index contributed by atoms with van der Waals surface area (Å²) in [5.74, 6) is 2.61. The van der Waals surface area contributed by atoms with Crippen LogP contribution in [-0.4, -0.2) is 105 Å². The van der Waals surface area contributed by atoms with Crippen LogP contribution >= 0.6 is 0 Å². The SMILES string of the molecule is COc1cc(OC)cc(-c2cc3cnc([N-]C4CCOC4)nc3c(NCCN3CCN(C)CC3)n2)c1. The second kappa shape index (κ2) is 11.2. The van der Waals surface area contributed by atoms with Gasteiger partial charge in [-0.2, -0.15) is 0 Å². The van der Waals surface area contributed by atoms with Gasteiger partial charge in [0.1, 0.15) is 17.3 Å². The summed E-state index contributed by atoms with van der Waals surface area (Å²) < 4.78 is 16.4. The van der Waals surface area contributed by atoms with E-state index < -0.39 is 0 Å². The molecule has 0 aliphatic carbocycles. The molecule has 0 amide bonds. The summed E-state index contributed by atoms with van der Waals surface area (Å²) in [6.45, 7) is 7.39. The molecule has 1 aromatic carbocycles. The van der Waals surface area contributed by atoms with Crippen LogP contribution in [0.4, 0.5) is 11.8 Å². The fourth-order valence-electron chi connectivity index (χ4n) is 4.51. The number of pyridine rings is 1. The molecule has 5 rings (SSSR count). The van der Waals surface area contributed by atoms with Crippen LogP contribution in [0.3, 0.4) is 0 Å². The van der Waals surface area contributed by atoms with Crippen molar-refractivity contribution in [3.05, 3.63) is 35.8 Å². The Hall–Kier alpha value is -3.21. The minimum atomic E-state index is 0.104. The lowest BCUT2D eigenvalue weighted by atomic mass is 10.1. The Kier molecular flexibility index (Phi) is 7.64. The number of benzene rings is 1. The van der Waals surface area contributed by atoms with Crippen molar-refractivity contribution in [1.29, 1.82) is 0 Å². The first kappa shape index (κ1) is 24.5. The molecule has 3 aromatic rings. The molecule has 2 aliphatic heterocycles. The Morgan fingerprint density at radius 2 is 1.83 bits per heavy atom. The number of hydrogen-bond donors (Lipinski definition) is 1. The molecule has 2 aliphatic rings. The van der Waals surface area contributed by atoms with Gasteiger partial charge in [0.15, 0.2) is 0 Å². The average molecular weight is 493 g/mol. The number of rotatable bonds is 9. The topological polar surface area (TPSA) is 99.0 Å². The quantitative estimate of drug-likeness (QED) is 0.483. The number of fused-ring (bicyclic) bond motifs is 1. The van der Waals surface area contributed by atoms with Gasteiger partial charge in [0.2, 0.25) is 0 Å². The predicted octanol–water partition coefficient (Wildman–Crippen LogP) is 3.16. The minimum Gasteiger partial charge on any atom is -0.497 e. The van der Waals surface area contributed by atoms with E-state index in [9.17, 15) is 0 Å². The first-order valence-corrected chi connectivity index (χ1v) is 12.5. The van der Waals surface area contributed by atoms with Crippen LogP contribution in [0.2, 0.25) is 0 Å². The maximum Gasteiger partial charge on any atom is 0.137 e. The van der Waals surface area contributed by atoms with Crippen LogP contribution in [-0.2, 0) is 4.74 Å². The Morgan fingerprint density at radius 1 is 1.06 bits per heavy atom. The summed E-state index contributed by atoms with van der Waals surface area (Å²) in [4.78, 5) is 19.1. The molecule has 1 N–H and O–H groups in total. The van der Waals surface area contributed by atoms with E-state index in [4.69, 9.17) is 24.2 Å². The van der Waals surface area contributed by atoms with Crippen LogP contribution in [0.5, 0.6) is 11.5 Å². The van der Waals surface area contributed by atoms with Crippen molar-refractivity contribution in [2.45, 2.75) is 12.5 Å². The molecule has 1 unspecified atom stereocenters. The standard InChI is InChI=1S/C26H34N7O3/c1-32-7-9-33(10-8-32)6-5-27-25-24-19(16-28-26(31-24)29-20-4-11-36-17-20)14-23(30-25)18-12-21(34-2)15-22(13-18)35-3/h12-16,20H,4-11,17H2,1-3H3,(H-,27,28,29,30,31)/q-1. The molecular formula is C26H34N7O3-. The largest absolute Gasteiger partial charge is 0.497 e. The van der Waals surface area contributed by atoms with E-state index in [1.54, 1.807) is 14.2 Å². The molecule has 2 aromatic heterocycles. The summed E-state index contributed by atoms with van der Waals surface area (Å²) in [6.07, 6.45) is 2.72. The molecule has 4 heterocycles. The third-order valence-corrected chi connectivity index (χ3v) is 6.72. The zero-order valence-corrected chi connectivity index (χ0v) is 21.2. The van der Waals surface area contributed by atoms with Crippen molar-refractivity contribution in [2.75, 3.05) is 79.1 Å². The Morgan fingerprint density at radius 3 is 2.53 bits per heavy atom. The molecule has 36 heavy (non-hydrogen) atoms. The lowest BCUT2D eigenvalue weighted by Gasteiger charge is -2.32. The predicted molar refractivity (Wildman–Crippen MR) is 141 cm³/mol. The van der Waals surface area contributed by atoms with E-state index in [0.29, 0.717) is 24.1 Å². The highest BCUT2D eigenvalue weighted by Gasteiger charge is 2.16. The fraction of sp³-hybridized carbons (Fsp3) is 0.500. The highest BCUT2D eigenvalue weighted by atomic mass is 16.5. The van der Waals surface area contributed by atoms with Crippen LogP contribution in [0.15, 0.2) is 30.5 Å². The highest BCUT2D eigenvalue weighted by Crippen LogP contribution is 2.33. The maximum atomic E-state index is 5.48. The van der Waals surface area contributed by atoms with Gasteiger partial charge in [0, 0.05) is 75.0 Å². The third-order valence-electron chi connectivity index (χ3n) is 6.72. The normalized spacial score (nSPS) is 18.9. The number of nitrogens with one attached hydrogen (secondary N) is 1. The van der Waals surface area contributed by atoms with Crippen molar-refractivity contribution in [2.24, 2.45) is 0 Å². The molecule has 192 valence electrons. The fourth-order valence-corrected chi connectivity index (χ4v) is 4.51. The van der Waals surface area contributed by atoms with Crippen LogP contribution in [0.1, 0.15) is 6.42 Å². The average Bonchev–Trinajstić information content (AvgIpc) is 3.42. The van der Waals surface area contributed by atoms with Crippen molar-refractivity contribution >= 4 is 22.7 Å². The molecule has 0 bridgehead atoms. The zero-order chi connectivity index (χ0) is 24.9. The first-order chi connectivity index (χ1) is 17.6. The van der Waals surface area contributed by atoms with Gasteiger partial charge < -0.3 is 39.7 Å². The van der Waals surface area contributed by atoms with Crippen molar-refractivity contribution < 1.29 is 14.2 Å². The summed E-state index contributed by atoms with van der Waals surface area (Å²) in [5.41, 5.74) is 2.45. The molecule has 2 fully saturated rings. The number of anilines is 1. The Bertz CT molecular complexity index is 1160. The number of piperazine rings is 1. The maximum absolute atomic E-state index is 5.48. The summed E-state index contributed by atoms with van der Waals surface area (Å²) in [5, 5.41) is 9.13. The van der Waals surface area contributed by atoms with Gasteiger partial charge in [-0.25, -0.2) is 4.98 Å². The van der Waals surface area contributed by atoms with Gasteiger partial charge in [-0.3, -0.25) is 4.90 Å². The molecule has 1 atom stereocenters. The van der Waals surface area contributed by atoms with Gasteiger partial charge in [0.25, 0.3) is 0 Å². The molecule has 0 radical (unpaired) electrons. The van der Waals surface area contributed by atoms with Crippen molar-refractivity contribution in [3.8, 4) is 22.8 Å². The van der Waals surface area contributed by atoms with Gasteiger partial charge in [-0.1, -0.05) is 0 Å². The monoisotopic (exact) mass is 492 g/mol. The Balaban J connectivity index is 1.45. The van der Waals surface area contributed by atoms with Crippen LogP contribution < -0.4 is 14.8 Å². The smallest absolute Gasteiger partial charge is 0.137 e. The number of hydrogen-bond acceptors (Lipinski definition) is 9. The molecular weight excluding hydrogens is 458 g/mol. The lowest BCUT2D eigenvalue weighted by molar-refractivity contribution is 0.158. The Labute approximate surface area is 212 Å². The van der Waals surface area contributed by atoms with Crippen molar-refractivity contribution in [3.63, 3.8) is 0 Å². The summed E-state index contributed by atoms with van der Waals surface area (Å²) in [6, 6.07) is 7.86. The highest BCUT2D eigenvalue weighted by molar-refractivity contribution is 5.92. The minimum absolute atomic E-state index is 0.104. The van der Waals surface area contributed by atoms with Crippen molar-refractivity contribution in [1.82, 2.24) is 24.8 Å². The number of aromatic nitrogens is 3. The van der Waals surface area contributed by atoms with E-state index in [1.807, 2.05) is 30.5 Å². The zero-order valence-electron chi connectivity index (χ0n) is 21.2. The summed E-state index contributed by atoms with van der Waals surface area (Å²) >= 11 is 0. The van der Waals surface area contributed by atoms with E-state index in [1.165, 1.54) is 0 Å². The van der Waals surface area contributed by atoms with E-state index >= 15 is 0 Å². The summed E-state index contributed by atoms with van der Waals surface area (Å²) in [7, 11) is 5.46. The first-order valence-electron chi connectivity index (χ1n) is 12.5. The van der Waals surface area contributed by atoms with Gasteiger partial charge in [-0.15, -0.1) is 0 Å². The molecule has 10 heteroatoms. The third kappa shape index (κ3) is 5.77. The van der Waals surface area contributed by atoms with E-state index in [-0.39, 0.29) is 6.04 Å².